The van der Waals surface area contributed by atoms with E-state index >= 15 is 0 Å². The molecule has 7 heteroatoms. The van der Waals surface area contributed by atoms with Crippen LogP contribution in [-0.4, -0.2) is 20.7 Å². The Morgan fingerprint density at radius 3 is 2.58 bits per heavy atom. The van der Waals surface area contributed by atoms with Crippen molar-refractivity contribution in [2.75, 3.05) is 0 Å². The van der Waals surface area contributed by atoms with Gasteiger partial charge in [-0.25, -0.2) is 14.5 Å². The molecule has 0 saturated heterocycles. The molecule has 0 spiro atoms. The Morgan fingerprint density at radius 2 is 1.88 bits per heavy atom. The van der Waals surface area contributed by atoms with Gasteiger partial charge in [-0.2, -0.15) is 5.10 Å². The minimum Gasteiger partial charge on any atom is -0.455 e. The molecule has 3 rings (SSSR count). The molecule has 0 unspecified atom stereocenters. The Balaban J connectivity index is 1.81. The number of carbonyl (C=O) groups excluding carboxylic acids is 1. The van der Waals surface area contributed by atoms with Crippen LogP contribution in [0.5, 0.6) is 0 Å². The average Bonchev–Trinajstić information content (AvgIpc) is 3.00. The normalized spacial score (nSPS) is 10.8. The molecule has 0 N–H and O–H groups in total. The molecule has 0 atom stereocenters. The smallest absolute Gasteiger partial charge is 0.344 e. The fourth-order valence-corrected chi connectivity index (χ4v) is 2.56. The summed E-state index contributed by atoms with van der Waals surface area (Å²) >= 11 is 0. The molecule has 0 amide bonds. The quantitative estimate of drug-likeness (QED) is 0.670. The molecule has 0 aliphatic heterocycles. The predicted molar refractivity (Wildman–Crippen MR) is 94.7 cm³/mol. The molecule has 0 fully saturated rings. The Labute approximate surface area is 150 Å². The number of nitrogens with zero attached hydrogens (tertiary/aromatic N) is 3. The summed E-state index contributed by atoms with van der Waals surface area (Å²) in [4.78, 5) is 29.0. The SMILES string of the molecule is Cc1nn(C)c(=O)c(C(=O)OCc2nc(-c3ccccc3)oc2C)c1C. The molecule has 0 saturated carbocycles. The summed E-state index contributed by atoms with van der Waals surface area (Å²) in [7, 11) is 1.50. The maximum atomic E-state index is 12.4. The Kier molecular flexibility index (Phi) is 4.71. The van der Waals surface area contributed by atoms with Crippen molar-refractivity contribution in [1.82, 2.24) is 14.8 Å². The number of esters is 1. The van der Waals surface area contributed by atoms with E-state index in [1.807, 2.05) is 30.3 Å². The van der Waals surface area contributed by atoms with Crippen LogP contribution in [0.1, 0.15) is 33.1 Å². The van der Waals surface area contributed by atoms with E-state index in [1.54, 1.807) is 20.8 Å². The number of hydrogen-bond donors (Lipinski definition) is 0. The molecule has 7 nitrogen and oxygen atoms in total. The first-order valence-electron chi connectivity index (χ1n) is 8.12. The maximum Gasteiger partial charge on any atom is 0.344 e. The first-order valence-corrected chi connectivity index (χ1v) is 8.12. The summed E-state index contributed by atoms with van der Waals surface area (Å²) in [6.45, 7) is 5.09. The van der Waals surface area contributed by atoms with Crippen molar-refractivity contribution in [3.63, 3.8) is 0 Å². The first kappa shape index (κ1) is 17.6. The van der Waals surface area contributed by atoms with Gasteiger partial charge < -0.3 is 9.15 Å². The molecule has 0 aliphatic carbocycles. The number of benzene rings is 1. The van der Waals surface area contributed by atoms with Gasteiger partial charge in [0.1, 0.15) is 23.6 Å². The summed E-state index contributed by atoms with van der Waals surface area (Å²) in [5.74, 6) is 0.324. The van der Waals surface area contributed by atoms with Crippen LogP contribution >= 0.6 is 0 Å². The molecule has 0 radical (unpaired) electrons. The molecule has 0 bridgehead atoms. The molecule has 26 heavy (non-hydrogen) atoms. The molecule has 2 aromatic heterocycles. The highest BCUT2D eigenvalue weighted by atomic mass is 16.5. The molecular formula is C19H19N3O4. The van der Waals surface area contributed by atoms with Gasteiger partial charge in [0.15, 0.2) is 0 Å². The zero-order valence-corrected chi connectivity index (χ0v) is 15.1. The zero-order chi connectivity index (χ0) is 18.8. The van der Waals surface area contributed by atoms with Crippen LogP contribution in [0.3, 0.4) is 0 Å². The Hall–Kier alpha value is -3.22. The highest BCUT2D eigenvalue weighted by molar-refractivity contribution is 5.90. The van der Waals surface area contributed by atoms with E-state index in [0.29, 0.717) is 28.6 Å². The van der Waals surface area contributed by atoms with Crippen LogP contribution in [0, 0.1) is 20.8 Å². The van der Waals surface area contributed by atoms with Crippen LogP contribution in [0.2, 0.25) is 0 Å². The largest absolute Gasteiger partial charge is 0.455 e. The lowest BCUT2D eigenvalue weighted by atomic mass is 10.1. The van der Waals surface area contributed by atoms with Crippen LogP contribution in [0.4, 0.5) is 0 Å². The van der Waals surface area contributed by atoms with Gasteiger partial charge in [0.2, 0.25) is 5.89 Å². The Bertz CT molecular complexity index is 1020. The van der Waals surface area contributed by atoms with Crippen molar-refractivity contribution < 1.29 is 13.9 Å². The number of carbonyl (C=O) groups is 1. The first-order chi connectivity index (χ1) is 12.4. The predicted octanol–water partition coefficient (Wildman–Crippen LogP) is 2.72. The van der Waals surface area contributed by atoms with Gasteiger partial charge in [-0.1, -0.05) is 18.2 Å². The van der Waals surface area contributed by atoms with Gasteiger partial charge in [-0.3, -0.25) is 4.79 Å². The van der Waals surface area contributed by atoms with Crippen molar-refractivity contribution in [2.24, 2.45) is 7.05 Å². The summed E-state index contributed by atoms with van der Waals surface area (Å²) < 4.78 is 12.1. The third-order valence-electron chi connectivity index (χ3n) is 4.18. The van der Waals surface area contributed by atoms with Gasteiger partial charge in [0, 0.05) is 12.6 Å². The summed E-state index contributed by atoms with van der Waals surface area (Å²) in [6, 6.07) is 9.45. The summed E-state index contributed by atoms with van der Waals surface area (Å²) in [5, 5.41) is 4.05. The number of rotatable bonds is 4. The van der Waals surface area contributed by atoms with Crippen molar-refractivity contribution in [3.05, 3.63) is 69.0 Å². The lowest BCUT2D eigenvalue weighted by Gasteiger charge is -2.09. The van der Waals surface area contributed by atoms with Crippen LogP contribution in [0.25, 0.3) is 11.5 Å². The molecule has 2 heterocycles. The number of oxazole rings is 1. The zero-order valence-electron chi connectivity index (χ0n) is 15.1. The number of hydrogen-bond acceptors (Lipinski definition) is 6. The minimum absolute atomic E-state index is 0.00979. The molecule has 1 aromatic carbocycles. The van der Waals surface area contributed by atoms with Crippen LogP contribution in [-0.2, 0) is 18.4 Å². The van der Waals surface area contributed by atoms with Crippen molar-refractivity contribution in [1.29, 1.82) is 0 Å². The highest BCUT2D eigenvalue weighted by Crippen LogP contribution is 2.22. The Morgan fingerprint density at radius 1 is 1.19 bits per heavy atom. The highest BCUT2D eigenvalue weighted by Gasteiger charge is 2.21. The van der Waals surface area contributed by atoms with E-state index in [9.17, 15) is 9.59 Å². The van der Waals surface area contributed by atoms with Gasteiger partial charge >= 0.3 is 5.97 Å². The minimum atomic E-state index is -0.697. The fraction of sp³-hybridized carbons (Fsp3) is 0.263. The monoisotopic (exact) mass is 353 g/mol. The lowest BCUT2D eigenvalue weighted by Crippen LogP contribution is -2.29. The number of ether oxygens (including phenoxy) is 1. The average molecular weight is 353 g/mol. The van der Waals surface area contributed by atoms with Gasteiger partial charge in [-0.15, -0.1) is 0 Å². The second-order valence-corrected chi connectivity index (χ2v) is 5.98. The molecule has 3 aromatic rings. The van der Waals surface area contributed by atoms with E-state index in [-0.39, 0.29) is 12.2 Å². The third-order valence-corrected chi connectivity index (χ3v) is 4.18. The van der Waals surface area contributed by atoms with E-state index in [0.717, 1.165) is 10.2 Å². The van der Waals surface area contributed by atoms with Crippen molar-refractivity contribution >= 4 is 5.97 Å². The van der Waals surface area contributed by atoms with Gasteiger partial charge in [0.05, 0.1) is 5.69 Å². The second kappa shape index (κ2) is 6.95. The van der Waals surface area contributed by atoms with E-state index in [4.69, 9.17) is 9.15 Å². The lowest BCUT2D eigenvalue weighted by molar-refractivity contribution is 0.0462. The van der Waals surface area contributed by atoms with E-state index in [2.05, 4.69) is 10.1 Å². The van der Waals surface area contributed by atoms with Crippen LogP contribution < -0.4 is 5.56 Å². The molecule has 134 valence electrons. The van der Waals surface area contributed by atoms with Gasteiger partial charge in [-0.05, 0) is 38.5 Å². The summed E-state index contributed by atoms with van der Waals surface area (Å²) in [6.07, 6.45) is 0. The third kappa shape index (κ3) is 3.28. The van der Waals surface area contributed by atoms with Crippen molar-refractivity contribution in [3.8, 4) is 11.5 Å². The van der Waals surface area contributed by atoms with Gasteiger partial charge in [0.25, 0.3) is 5.56 Å². The number of aryl methyl sites for hydroxylation is 3. The number of aromatic nitrogens is 3. The summed E-state index contributed by atoms with van der Waals surface area (Å²) in [5.41, 5.74) is 1.97. The van der Waals surface area contributed by atoms with Crippen molar-refractivity contribution in [2.45, 2.75) is 27.4 Å². The van der Waals surface area contributed by atoms with E-state index < -0.39 is 11.5 Å². The molecular weight excluding hydrogens is 334 g/mol. The van der Waals surface area contributed by atoms with Crippen LogP contribution in [0.15, 0.2) is 39.5 Å². The fourth-order valence-electron chi connectivity index (χ4n) is 2.56. The second-order valence-electron chi connectivity index (χ2n) is 5.98. The maximum absolute atomic E-state index is 12.4. The standard InChI is InChI=1S/C19H19N3O4/c1-11-12(2)21-22(4)18(23)16(11)19(24)25-10-15-13(3)26-17(20-15)14-8-6-5-7-9-14/h5-9H,10H2,1-4H3. The topological polar surface area (TPSA) is 87.2 Å². The van der Waals surface area contributed by atoms with E-state index in [1.165, 1.54) is 7.05 Å². The molecule has 0 aliphatic rings.